The van der Waals surface area contributed by atoms with Crippen LogP contribution in [-0.2, 0) is 14.3 Å². The standard InChI is InChI=1S/C18H26N2O3/c21-17(20-15-4-2-1-3-5-15)6-10-19-16-7-11-23-18(14-16)8-12-22-13-9-18/h1-5,16,19H,6-14H2,(H,20,21). The molecule has 2 saturated heterocycles. The van der Waals surface area contributed by atoms with Gasteiger partial charge in [-0.25, -0.2) is 0 Å². The summed E-state index contributed by atoms with van der Waals surface area (Å²) in [6.45, 7) is 3.10. The van der Waals surface area contributed by atoms with Crippen LogP contribution in [0.2, 0.25) is 0 Å². The molecule has 2 heterocycles. The number of hydrogen-bond donors (Lipinski definition) is 2. The van der Waals surface area contributed by atoms with E-state index in [9.17, 15) is 4.79 Å². The lowest BCUT2D eigenvalue weighted by molar-refractivity contribution is -0.140. The van der Waals surface area contributed by atoms with Gasteiger partial charge in [-0.1, -0.05) is 18.2 Å². The number of amides is 1. The molecule has 1 amide bonds. The van der Waals surface area contributed by atoms with Crippen LogP contribution in [0.25, 0.3) is 0 Å². The molecule has 5 nitrogen and oxygen atoms in total. The lowest BCUT2D eigenvalue weighted by atomic mass is 9.84. The minimum absolute atomic E-state index is 0.000461. The lowest BCUT2D eigenvalue weighted by Gasteiger charge is -2.43. The van der Waals surface area contributed by atoms with Crippen molar-refractivity contribution in [2.45, 2.75) is 43.7 Å². The number of carbonyl (C=O) groups is 1. The Morgan fingerprint density at radius 3 is 2.74 bits per heavy atom. The average Bonchev–Trinajstić information content (AvgIpc) is 2.56. The van der Waals surface area contributed by atoms with Gasteiger partial charge in [-0.05, 0) is 37.8 Å². The summed E-state index contributed by atoms with van der Waals surface area (Å²) in [7, 11) is 0. The zero-order valence-electron chi connectivity index (χ0n) is 13.6. The van der Waals surface area contributed by atoms with Gasteiger partial charge >= 0.3 is 0 Å². The highest BCUT2D eigenvalue weighted by Crippen LogP contribution is 2.34. The van der Waals surface area contributed by atoms with E-state index >= 15 is 0 Å². The van der Waals surface area contributed by atoms with E-state index in [0.29, 0.717) is 19.0 Å². The minimum Gasteiger partial charge on any atom is -0.381 e. The van der Waals surface area contributed by atoms with Crippen molar-refractivity contribution in [1.82, 2.24) is 5.32 Å². The molecule has 1 spiro atoms. The molecule has 0 bridgehead atoms. The summed E-state index contributed by atoms with van der Waals surface area (Å²) in [4.78, 5) is 12.0. The van der Waals surface area contributed by atoms with Crippen molar-refractivity contribution in [3.63, 3.8) is 0 Å². The highest BCUT2D eigenvalue weighted by molar-refractivity contribution is 5.90. The molecule has 2 fully saturated rings. The van der Waals surface area contributed by atoms with E-state index in [0.717, 1.165) is 51.2 Å². The third-order valence-electron chi connectivity index (χ3n) is 4.74. The van der Waals surface area contributed by atoms with Gasteiger partial charge in [0.15, 0.2) is 0 Å². The van der Waals surface area contributed by atoms with Crippen molar-refractivity contribution in [3.8, 4) is 0 Å². The molecule has 2 aliphatic heterocycles. The van der Waals surface area contributed by atoms with Crippen LogP contribution in [0.15, 0.2) is 30.3 Å². The van der Waals surface area contributed by atoms with E-state index < -0.39 is 0 Å². The second-order valence-electron chi connectivity index (χ2n) is 6.45. The Hall–Kier alpha value is -1.43. The molecule has 5 heteroatoms. The lowest BCUT2D eigenvalue weighted by Crippen LogP contribution is -2.50. The average molecular weight is 318 g/mol. The van der Waals surface area contributed by atoms with Gasteiger partial charge in [-0.2, -0.15) is 0 Å². The molecular formula is C18H26N2O3. The number of nitrogens with one attached hydrogen (secondary N) is 2. The van der Waals surface area contributed by atoms with Gasteiger partial charge in [0.2, 0.25) is 5.91 Å². The molecule has 1 aromatic carbocycles. The van der Waals surface area contributed by atoms with Crippen LogP contribution in [0, 0.1) is 0 Å². The number of anilines is 1. The highest BCUT2D eigenvalue weighted by Gasteiger charge is 2.38. The highest BCUT2D eigenvalue weighted by atomic mass is 16.5. The quantitative estimate of drug-likeness (QED) is 0.875. The number of hydrogen-bond acceptors (Lipinski definition) is 4. The first-order chi connectivity index (χ1) is 11.3. The maximum Gasteiger partial charge on any atom is 0.225 e. The van der Waals surface area contributed by atoms with Gasteiger partial charge in [0.25, 0.3) is 0 Å². The molecule has 1 unspecified atom stereocenters. The van der Waals surface area contributed by atoms with Crippen molar-refractivity contribution in [2.24, 2.45) is 0 Å². The third-order valence-corrected chi connectivity index (χ3v) is 4.74. The van der Waals surface area contributed by atoms with Gasteiger partial charge in [-0.3, -0.25) is 4.79 Å². The molecule has 2 aliphatic rings. The second-order valence-corrected chi connectivity index (χ2v) is 6.45. The number of para-hydroxylation sites is 1. The summed E-state index contributed by atoms with van der Waals surface area (Å²) in [5, 5.41) is 6.44. The zero-order chi connectivity index (χ0) is 16.0. The molecule has 126 valence electrons. The summed E-state index contributed by atoms with van der Waals surface area (Å²) in [5.41, 5.74) is 0.852. The van der Waals surface area contributed by atoms with Gasteiger partial charge in [0.1, 0.15) is 0 Å². The molecule has 0 aliphatic carbocycles. The molecule has 1 atom stereocenters. The second kappa shape index (κ2) is 7.90. The topological polar surface area (TPSA) is 59.6 Å². The summed E-state index contributed by atoms with van der Waals surface area (Å²) in [5.74, 6) is 0.0524. The van der Waals surface area contributed by atoms with Gasteiger partial charge in [0.05, 0.1) is 5.60 Å². The zero-order valence-corrected chi connectivity index (χ0v) is 13.6. The normalized spacial score (nSPS) is 23.6. The van der Waals surface area contributed by atoms with E-state index in [1.807, 2.05) is 30.3 Å². The predicted octanol–water partition coefficient (Wildman–Crippen LogP) is 2.33. The van der Waals surface area contributed by atoms with Crippen molar-refractivity contribution < 1.29 is 14.3 Å². The van der Waals surface area contributed by atoms with Crippen LogP contribution in [0.5, 0.6) is 0 Å². The number of carbonyl (C=O) groups excluding carboxylic acids is 1. The molecule has 0 saturated carbocycles. The molecule has 1 aromatic rings. The van der Waals surface area contributed by atoms with Crippen molar-refractivity contribution in [1.29, 1.82) is 0 Å². The first-order valence-corrected chi connectivity index (χ1v) is 8.56. The molecule has 23 heavy (non-hydrogen) atoms. The fourth-order valence-electron chi connectivity index (χ4n) is 3.43. The smallest absolute Gasteiger partial charge is 0.225 e. The fraction of sp³-hybridized carbons (Fsp3) is 0.611. The molecule has 2 N–H and O–H groups in total. The fourth-order valence-corrected chi connectivity index (χ4v) is 3.43. The van der Waals surface area contributed by atoms with Gasteiger partial charge in [-0.15, -0.1) is 0 Å². The van der Waals surface area contributed by atoms with Crippen molar-refractivity contribution in [2.75, 3.05) is 31.7 Å². The van der Waals surface area contributed by atoms with Crippen LogP contribution >= 0.6 is 0 Å². The van der Waals surface area contributed by atoms with Crippen LogP contribution in [0.1, 0.15) is 32.1 Å². The number of benzene rings is 1. The van der Waals surface area contributed by atoms with Crippen LogP contribution in [0.3, 0.4) is 0 Å². The number of rotatable bonds is 5. The van der Waals surface area contributed by atoms with Crippen LogP contribution in [0.4, 0.5) is 5.69 Å². The largest absolute Gasteiger partial charge is 0.381 e. The first-order valence-electron chi connectivity index (χ1n) is 8.56. The SMILES string of the molecule is O=C(CCNC1CCOC2(CCOCC2)C1)Nc1ccccc1. The Morgan fingerprint density at radius 1 is 1.17 bits per heavy atom. The Balaban J connectivity index is 1.39. The van der Waals surface area contributed by atoms with E-state index in [1.54, 1.807) is 0 Å². The predicted molar refractivity (Wildman–Crippen MR) is 89.4 cm³/mol. The van der Waals surface area contributed by atoms with Crippen molar-refractivity contribution >= 4 is 11.6 Å². The Bertz CT molecular complexity index is 495. The van der Waals surface area contributed by atoms with Gasteiger partial charge < -0.3 is 20.1 Å². The van der Waals surface area contributed by atoms with E-state index in [2.05, 4.69) is 10.6 Å². The van der Waals surface area contributed by atoms with Gasteiger partial charge in [0, 0.05) is 44.5 Å². The molecule has 0 radical (unpaired) electrons. The van der Waals surface area contributed by atoms with Crippen LogP contribution < -0.4 is 10.6 Å². The summed E-state index contributed by atoms with van der Waals surface area (Å²) in [6, 6.07) is 10.0. The Labute approximate surface area is 137 Å². The Kier molecular flexibility index (Phi) is 5.65. The summed E-state index contributed by atoms with van der Waals surface area (Å²) in [6.07, 6.45) is 4.50. The molecular weight excluding hydrogens is 292 g/mol. The maximum absolute atomic E-state index is 12.0. The third kappa shape index (κ3) is 4.77. The van der Waals surface area contributed by atoms with Crippen molar-refractivity contribution in [3.05, 3.63) is 30.3 Å². The van der Waals surface area contributed by atoms with E-state index in [4.69, 9.17) is 9.47 Å². The summed E-state index contributed by atoms with van der Waals surface area (Å²) < 4.78 is 11.5. The first kappa shape index (κ1) is 16.4. The van der Waals surface area contributed by atoms with E-state index in [-0.39, 0.29) is 11.5 Å². The van der Waals surface area contributed by atoms with E-state index in [1.165, 1.54) is 0 Å². The molecule has 3 rings (SSSR count). The minimum atomic E-state index is 0.000461. The monoisotopic (exact) mass is 318 g/mol. The maximum atomic E-state index is 12.0. The molecule has 0 aromatic heterocycles. The van der Waals surface area contributed by atoms with Crippen LogP contribution in [-0.4, -0.2) is 43.9 Å². The Morgan fingerprint density at radius 2 is 1.96 bits per heavy atom. The summed E-state index contributed by atoms with van der Waals surface area (Å²) >= 11 is 0. The number of ether oxygens (including phenoxy) is 2.